The van der Waals surface area contributed by atoms with Crippen molar-refractivity contribution in [2.75, 3.05) is 39.3 Å². The summed E-state index contributed by atoms with van der Waals surface area (Å²) in [5.74, 6) is 0.663. The molecule has 0 radical (unpaired) electrons. The molecule has 0 aromatic rings. The average Bonchev–Trinajstić information content (AvgIpc) is 2.82. The van der Waals surface area contributed by atoms with Gasteiger partial charge in [-0.1, -0.05) is 25.7 Å². The normalized spacial score (nSPS) is 23.0. The summed E-state index contributed by atoms with van der Waals surface area (Å²) in [6, 6.07) is -0.00192. The number of halogens is 4. The minimum atomic E-state index is -4.14. The number of guanidine groups is 1. The fraction of sp³-hybridized carbons (Fsp3) is 0.944. The number of hydrogen-bond donors (Lipinski definition) is 2. The number of ether oxygens (including phenoxy) is 1. The molecule has 2 N–H and O–H groups in total. The van der Waals surface area contributed by atoms with Crippen LogP contribution in [0.2, 0.25) is 0 Å². The molecule has 1 saturated heterocycles. The second kappa shape index (κ2) is 13.0. The van der Waals surface area contributed by atoms with Crippen LogP contribution >= 0.6 is 24.0 Å². The van der Waals surface area contributed by atoms with Crippen molar-refractivity contribution in [2.24, 2.45) is 4.99 Å². The largest absolute Gasteiger partial charge is 0.401 e. The van der Waals surface area contributed by atoms with Gasteiger partial charge in [-0.2, -0.15) is 13.2 Å². The van der Waals surface area contributed by atoms with Gasteiger partial charge in [-0.25, -0.2) is 0 Å². The molecule has 160 valence electrons. The van der Waals surface area contributed by atoms with Crippen LogP contribution in [0.3, 0.4) is 0 Å². The van der Waals surface area contributed by atoms with Gasteiger partial charge in [0.2, 0.25) is 0 Å². The maximum Gasteiger partial charge on any atom is 0.401 e. The number of hydrogen-bond acceptors (Lipinski definition) is 3. The lowest BCUT2D eigenvalue weighted by molar-refractivity contribution is -0.143. The van der Waals surface area contributed by atoms with Crippen LogP contribution in [0.5, 0.6) is 0 Å². The zero-order valence-corrected chi connectivity index (χ0v) is 18.5. The van der Waals surface area contributed by atoms with Gasteiger partial charge in [-0.3, -0.25) is 9.89 Å². The molecule has 1 aliphatic heterocycles. The molecular weight excluding hydrogens is 472 g/mol. The lowest BCUT2D eigenvalue weighted by Crippen LogP contribution is -2.45. The molecular formula is C18H34F3IN4O. The maximum atomic E-state index is 12.5. The molecule has 9 heteroatoms. The monoisotopic (exact) mass is 506 g/mol. The maximum absolute atomic E-state index is 12.5. The Bertz CT molecular complexity index is 429. The number of nitrogens with zero attached hydrogens (tertiary/aromatic N) is 2. The van der Waals surface area contributed by atoms with Crippen LogP contribution in [0.25, 0.3) is 0 Å². The molecule has 1 aliphatic carbocycles. The first kappa shape index (κ1) is 24.7. The second-order valence-corrected chi connectivity index (χ2v) is 7.23. The first-order chi connectivity index (χ1) is 12.5. The molecule has 0 aromatic heterocycles. The van der Waals surface area contributed by atoms with E-state index in [2.05, 4.69) is 15.6 Å². The first-order valence-electron chi connectivity index (χ1n) is 9.92. The van der Waals surface area contributed by atoms with Crippen molar-refractivity contribution in [1.82, 2.24) is 15.5 Å². The number of alkyl halides is 3. The van der Waals surface area contributed by atoms with Crippen molar-refractivity contribution in [3.8, 4) is 0 Å². The number of rotatable bonds is 7. The Morgan fingerprint density at radius 1 is 1.15 bits per heavy atom. The second-order valence-electron chi connectivity index (χ2n) is 7.23. The summed E-state index contributed by atoms with van der Waals surface area (Å²) < 4.78 is 43.4. The van der Waals surface area contributed by atoms with E-state index in [-0.39, 0.29) is 30.0 Å². The summed E-state index contributed by atoms with van der Waals surface area (Å²) in [4.78, 5) is 5.95. The van der Waals surface area contributed by atoms with Crippen molar-refractivity contribution in [3.63, 3.8) is 0 Å². The van der Waals surface area contributed by atoms with Gasteiger partial charge >= 0.3 is 6.18 Å². The summed E-state index contributed by atoms with van der Waals surface area (Å²) in [5, 5.41) is 6.42. The van der Waals surface area contributed by atoms with Crippen LogP contribution < -0.4 is 10.6 Å². The molecule has 2 fully saturated rings. The number of likely N-dealkylation sites (tertiary alicyclic amines) is 1. The summed E-state index contributed by atoms with van der Waals surface area (Å²) >= 11 is 0. The van der Waals surface area contributed by atoms with Gasteiger partial charge in [0.25, 0.3) is 0 Å². The van der Waals surface area contributed by atoms with E-state index in [1.54, 1.807) is 0 Å². The van der Waals surface area contributed by atoms with Crippen molar-refractivity contribution >= 4 is 29.9 Å². The van der Waals surface area contributed by atoms with Crippen molar-refractivity contribution in [2.45, 2.75) is 70.2 Å². The van der Waals surface area contributed by atoms with Gasteiger partial charge in [0.1, 0.15) is 0 Å². The summed E-state index contributed by atoms with van der Waals surface area (Å²) in [6.45, 7) is 3.85. The van der Waals surface area contributed by atoms with Gasteiger partial charge in [0.05, 0.1) is 25.8 Å². The van der Waals surface area contributed by atoms with E-state index in [4.69, 9.17) is 4.74 Å². The van der Waals surface area contributed by atoms with Crippen LogP contribution in [0.15, 0.2) is 4.99 Å². The molecule has 1 saturated carbocycles. The quantitative estimate of drug-likeness (QED) is 0.183. The Hall–Kier alpha value is -0.290. The van der Waals surface area contributed by atoms with E-state index in [0.717, 1.165) is 12.8 Å². The standard InChI is InChI=1S/C18H33F3N4O.HI/c1-2-22-17(23-10-12-26-16-7-5-3-4-6-8-16)24-15-9-11-25(13-15)14-18(19,20)21;/h15-16H,2-14H2,1H3,(H2,22,23,24);1H. The molecule has 2 aliphatic rings. The molecule has 1 atom stereocenters. The van der Waals surface area contributed by atoms with Crippen molar-refractivity contribution in [1.29, 1.82) is 0 Å². The Balaban J connectivity index is 0.00000364. The third-order valence-electron chi connectivity index (χ3n) is 4.88. The Labute approximate surface area is 177 Å². The minimum absolute atomic E-state index is 0. The lowest BCUT2D eigenvalue weighted by Gasteiger charge is -2.20. The SMILES string of the molecule is CCNC(=NCCOC1CCCCCC1)NC1CCN(CC(F)(F)F)C1.I. The molecule has 0 spiro atoms. The number of nitrogens with one attached hydrogen (secondary N) is 2. The zero-order chi connectivity index (χ0) is 18.8. The molecule has 0 aromatic carbocycles. The van der Waals surface area contributed by atoms with Gasteiger partial charge in [-0.05, 0) is 26.2 Å². The van der Waals surface area contributed by atoms with Gasteiger partial charge in [0, 0.05) is 25.7 Å². The lowest BCUT2D eigenvalue weighted by atomic mass is 10.1. The molecule has 27 heavy (non-hydrogen) atoms. The van der Waals surface area contributed by atoms with Crippen LogP contribution in [-0.4, -0.2) is 68.5 Å². The van der Waals surface area contributed by atoms with E-state index < -0.39 is 12.7 Å². The Morgan fingerprint density at radius 2 is 1.85 bits per heavy atom. The van der Waals surface area contributed by atoms with E-state index in [1.165, 1.54) is 30.6 Å². The zero-order valence-electron chi connectivity index (χ0n) is 16.2. The molecule has 1 heterocycles. The highest BCUT2D eigenvalue weighted by atomic mass is 127. The fourth-order valence-electron chi connectivity index (χ4n) is 3.65. The predicted molar refractivity (Wildman–Crippen MR) is 113 cm³/mol. The van der Waals surface area contributed by atoms with E-state index in [0.29, 0.717) is 51.3 Å². The molecule has 2 rings (SSSR count). The van der Waals surface area contributed by atoms with Crippen LogP contribution in [0.4, 0.5) is 13.2 Å². The van der Waals surface area contributed by atoms with Gasteiger partial charge in [-0.15, -0.1) is 24.0 Å². The Morgan fingerprint density at radius 3 is 2.48 bits per heavy atom. The molecule has 5 nitrogen and oxygen atoms in total. The summed E-state index contributed by atoms with van der Waals surface area (Å²) in [6.07, 6.45) is 4.29. The third-order valence-corrected chi connectivity index (χ3v) is 4.88. The number of aliphatic imine (C=N–C) groups is 1. The predicted octanol–water partition coefficient (Wildman–Crippen LogP) is 3.54. The third kappa shape index (κ3) is 10.7. The van der Waals surface area contributed by atoms with Crippen LogP contribution in [-0.2, 0) is 4.74 Å². The average molecular weight is 506 g/mol. The summed E-state index contributed by atoms with van der Waals surface area (Å²) in [7, 11) is 0. The molecule has 1 unspecified atom stereocenters. The Kier molecular flexibility index (Phi) is 11.9. The molecule has 0 bridgehead atoms. The van der Waals surface area contributed by atoms with Crippen LogP contribution in [0, 0.1) is 0 Å². The minimum Gasteiger partial charge on any atom is -0.376 e. The van der Waals surface area contributed by atoms with Crippen LogP contribution in [0.1, 0.15) is 51.9 Å². The highest BCUT2D eigenvalue weighted by Crippen LogP contribution is 2.20. The first-order valence-corrected chi connectivity index (χ1v) is 9.92. The van der Waals surface area contributed by atoms with E-state index in [9.17, 15) is 13.2 Å². The summed E-state index contributed by atoms with van der Waals surface area (Å²) in [5.41, 5.74) is 0. The van der Waals surface area contributed by atoms with Crippen molar-refractivity contribution < 1.29 is 17.9 Å². The molecule has 0 amide bonds. The highest BCUT2D eigenvalue weighted by Gasteiger charge is 2.34. The smallest absolute Gasteiger partial charge is 0.376 e. The fourth-order valence-corrected chi connectivity index (χ4v) is 3.65. The van der Waals surface area contributed by atoms with Gasteiger partial charge in [0.15, 0.2) is 5.96 Å². The van der Waals surface area contributed by atoms with Crippen molar-refractivity contribution in [3.05, 3.63) is 0 Å². The van der Waals surface area contributed by atoms with Gasteiger partial charge < -0.3 is 15.4 Å². The van der Waals surface area contributed by atoms with E-state index in [1.807, 2.05) is 6.92 Å². The van der Waals surface area contributed by atoms with E-state index >= 15 is 0 Å². The topological polar surface area (TPSA) is 48.9 Å². The highest BCUT2D eigenvalue weighted by molar-refractivity contribution is 14.0.